The fourth-order valence-electron chi connectivity index (χ4n) is 2.34. The highest BCUT2D eigenvalue weighted by molar-refractivity contribution is 5.40. The van der Waals surface area contributed by atoms with Crippen LogP contribution in [-0.4, -0.2) is 6.54 Å². The van der Waals surface area contributed by atoms with Crippen molar-refractivity contribution in [2.24, 2.45) is 5.92 Å². The van der Waals surface area contributed by atoms with Crippen LogP contribution in [0.2, 0.25) is 0 Å². The second-order valence-electron chi connectivity index (χ2n) is 4.53. The smallest absolute Gasteiger partial charge is 0.0317 e. The van der Waals surface area contributed by atoms with E-state index in [1.54, 1.807) is 0 Å². The Morgan fingerprint density at radius 1 is 1.27 bits per heavy atom. The van der Waals surface area contributed by atoms with Gasteiger partial charge in [0.15, 0.2) is 0 Å². The third kappa shape index (κ3) is 3.24. The van der Waals surface area contributed by atoms with Gasteiger partial charge in [-0.1, -0.05) is 25.0 Å². The van der Waals surface area contributed by atoms with E-state index >= 15 is 0 Å². The molecule has 0 aliphatic heterocycles. The molecule has 3 N–H and O–H groups in total. The van der Waals surface area contributed by atoms with Gasteiger partial charge in [-0.15, -0.1) is 0 Å². The Labute approximate surface area is 91.9 Å². The molecule has 2 heteroatoms. The summed E-state index contributed by atoms with van der Waals surface area (Å²) in [5.41, 5.74) is 7.87. The molecule has 0 saturated heterocycles. The van der Waals surface area contributed by atoms with Gasteiger partial charge < -0.3 is 11.1 Å². The van der Waals surface area contributed by atoms with E-state index in [2.05, 4.69) is 11.4 Å². The van der Waals surface area contributed by atoms with Gasteiger partial charge in [0.1, 0.15) is 0 Å². The van der Waals surface area contributed by atoms with Gasteiger partial charge in [0.25, 0.3) is 0 Å². The van der Waals surface area contributed by atoms with Crippen LogP contribution in [-0.2, 0) is 6.54 Å². The largest absolute Gasteiger partial charge is 0.399 e. The van der Waals surface area contributed by atoms with Crippen LogP contribution in [0.1, 0.15) is 31.2 Å². The molecule has 1 aromatic carbocycles. The zero-order valence-electron chi connectivity index (χ0n) is 9.21. The molecule has 2 nitrogen and oxygen atoms in total. The summed E-state index contributed by atoms with van der Waals surface area (Å²) >= 11 is 0. The first-order valence-corrected chi connectivity index (χ1v) is 5.90. The molecule has 1 aromatic rings. The van der Waals surface area contributed by atoms with Gasteiger partial charge in [0, 0.05) is 12.2 Å². The highest BCUT2D eigenvalue weighted by Gasteiger charge is 2.13. The molecule has 1 aliphatic carbocycles. The second kappa shape index (κ2) is 5.17. The van der Waals surface area contributed by atoms with Crippen molar-refractivity contribution >= 4 is 5.69 Å². The van der Waals surface area contributed by atoms with E-state index in [0.29, 0.717) is 0 Å². The topological polar surface area (TPSA) is 38.0 Å². The number of hydrogen-bond acceptors (Lipinski definition) is 2. The van der Waals surface area contributed by atoms with Gasteiger partial charge in [0.2, 0.25) is 0 Å². The van der Waals surface area contributed by atoms with E-state index in [9.17, 15) is 0 Å². The van der Waals surface area contributed by atoms with Gasteiger partial charge in [-0.25, -0.2) is 0 Å². The zero-order chi connectivity index (χ0) is 10.5. The van der Waals surface area contributed by atoms with Crippen molar-refractivity contribution < 1.29 is 0 Å². The number of hydrogen-bond donors (Lipinski definition) is 2. The molecule has 0 radical (unpaired) electrons. The SMILES string of the molecule is Nc1cccc(CNCC2CCCC2)c1. The Balaban J connectivity index is 1.73. The summed E-state index contributed by atoms with van der Waals surface area (Å²) < 4.78 is 0. The maximum atomic E-state index is 5.72. The first-order valence-electron chi connectivity index (χ1n) is 5.90. The van der Waals surface area contributed by atoms with E-state index in [0.717, 1.165) is 24.7 Å². The van der Waals surface area contributed by atoms with Gasteiger partial charge in [0.05, 0.1) is 0 Å². The fraction of sp³-hybridized carbons (Fsp3) is 0.538. The minimum absolute atomic E-state index is 0.857. The molecule has 0 heterocycles. The lowest BCUT2D eigenvalue weighted by Gasteiger charge is -2.10. The maximum Gasteiger partial charge on any atom is 0.0317 e. The standard InChI is InChI=1S/C13H20N2/c14-13-7-3-6-12(8-13)10-15-9-11-4-1-2-5-11/h3,6-8,11,15H,1-2,4-5,9-10,14H2. The Hall–Kier alpha value is -1.02. The quantitative estimate of drug-likeness (QED) is 0.740. The molecule has 82 valence electrons. The van der Waals surface area contributed by atoms with Crippen LogP contribution in [0, 0.1) is 5.92 Å². The average Bonchev–Trinajstić information content (AvgIpc) is 2.71. The van der Waals surface area contributed by atoms with Crippen LogP contribution < -0.4 is 11.1 Å². The van der Waals surface area contributed by atoms with Crippen molar-refractivity contribution in [3.8, 4) is 0 Å². The molecule has 15 heavy (non-hydrogen) atoms. The Kier molecular flexibility index (Phi) is 3.62. The monoisotopic (exact) mass is 204 g/mol. The van der Waals surface area contributed by atoms with Crippen molar-refractivity contribution in [1.82, 2.24) is 5.32 Å². The molecule has 0 aromatic heterocycles. The normalized spacial score (nSPS) is 17.1. The Morgan fingerprint density at radius 3 is 2.80 bits per heavy atom. The first kappa shape index (κ1) is 10.5. The summed E-state index contributed by atoms with van der Waals surface area (Å²) in [5, 5.41) is 3.52. The van der Waals surface area contributed by atoms with Crippen LogP contribution >= 0.6 is 0 Å². The van der Waals surface area contributed by atoms with Gasteiger partial charge in [-0.3, -0.25) is 0 Å². The third-order valence-electron chi connectivity index (χ3n) is 3.19. The average molecular weight is 204 g/mol. The predicted octanol–water partition coefficient (Wildman–Crippen LogP) is 2.55. The highest BCUT2D eigenvalue weighted by atomic mass is 14.9. The number of nitrogens with two attached hydrogens (primary N) is 1. The minimum atomic E-state index is 0.857. The minimum Gasteiger partial charge on any atom is -0.399 e. The lowest BCUT2D eigenvalue weighted by atomic mass is 10.1. The number of nitrogens with one attached hydrogen (secondary N) is 1. The molecule has 1 fully saturated rings. The molecule has 0 unspecified atom stereocenters. The summed E-state index contributed by atoms with van der Waals surface area (Å²) in [6.07, 6.45) is 5.66. The molecule has 0 spiro atoms. The molecule has 2 rings (SSSR count). The van der Waals surface area contributed by atoms with Crippen molar-refractivity contribution in [3.63, 3.8) is 0 Å². The summed E-state index contributed by atoms with van der Waals surface area (Å²) in [6.45, 7) is 2.11. The Bertz CT molecular complexity index is 303. The molecular formula is C13H20N2. The van der Waals surface area contributed by atoms with Gasteiger partial charge in [-0.2, -0.15) is 0 Å². The molecule has 0 atom stereocenters. The van der Waals surface area contributed by atoms with Crippen molar-refractivity contribution in [2.45, 2.75) is 32.2 Å². The second-order valence-corrected chi connectivity index (χ2v) is 4.53. The number of benzene rings is 1. The van der Waals surface area contributed by atoms with Crippen LogP contribution in [0.3, 0.4) is 0 Å². The fourth-order valence-corrected chi connectivity index (χ4v) is 2.34. The van der Waals surface area contributed by atoms with Crippen molar-refractivity contribution in [2.75, 3.05) is 12.3 Å². The van der Waals surface area contributed by atoms with E-state index in [1.807, 2.05) is 18.2 Å². The molecular weight excluding hydrogens is 184 g/mol. The molecule has 0 bridgehead atoms. The predicted molar refractivity (Wildman–Crippen MR) is 64.5 cm³/mol. The Morgan fingerprint density at radius 2 is 2.07 bits per heavy atom. The summed E-state index contributed by atoms with van der Waals surface area (Å²) in [5.74, 6) is 0.908. The first-order chi connectivity index (χ1) is 7.34. The number of anilines is 1. The van der Waals surface area contributed by atoms with Crippen LogP contribution in [0.15, 0.2) is 24.3 Å². The summed E-state index contributed by atoms with van der Waals surface area (Å²) in [6, 6.07) is 8.11. The number of nitrogen functional groups attached to an aromatic ring is 1. The van der Waals surface area contributed by atoms with E-state index in [-0.39, 0.29) is 0 Å². The van der Waals surface area contributed by atoms with Gasteiger partial charge >= 0.3 is 0 Å². The van der Waals surface area contributed by atoms with E-state index in [1.165, 1.54) is 31.2 Å². The maximum absolute atomic E-state index is 5.72. The molecule has 1 aliphatic rings. The lowest BCUT2D eigenvalue weighted by Crippen LogP contribution is -2.20. The number of rotatable bonds is 4. The van der Waals surface area contributed by atoms with E-state index in [4.69, 9.17) is 5.73 Å². The van der Waals surface area contributed by atoms with Crippen LogP contribution in [0.5, 0.6) is 0 Å². The van der Waals surface area contributed by atoms with Crippen LogP contribution in [0.25, 0.3) is 0 Å². The highest BCUT2D eigenvalue weighted by Crippen LogP contribution is 2.23. The third-order valence-corrected chi connectivity index (χ3v) is 3.19. The van der Waals surface area contributed by atoms with E-state index < -0.39 is 0 Å². The molecule has 1 saturated carbocycles. The summed E-state index contributed by atoms with van der Waals surface area (Å²) in [4.78, 5) is 0. The van der Waals surface area contributed by atoms with Crippen LogP contribution in [0.4, 0.5) is 5.69 Å². The van der Waals surface area contributed by atoms with Gasteiger partial charge in [-0.05, 0) is 43.0 Å². The summed E-state index contributed by atoms with van der Waals surface area (Å²) in [7, 11) is 0. The molecule has 0 amide bonds. The van der Waals surface area contributed by atoms with Crippen molar-refractivity contribution in [3.05, 3.63) is 29.8 Å². The lowest BCUT2D eigenvalue weighted by molar-refractivity contribution is 0.489. The zero-order valence-corrected chi connectivity index (χ0v) is 9.21. The van der Waals surface area contributed by atoms with Crippen molar-refractivity contribution in [1.29, 1.82) is 0 Å².